The molecule has 1 saturated carbocycles. The maximum Gasteiger partial charge on any atom is 0.226 e. The van der Waals surface area contributed by atoms with Gasteiger partial charge in [0.05, 0.1) is 0 Å². The molecular weight excluding hydrogens is 258 g/mol. The van der Waals surface area contributed by atoms with Crippen molar-refractivity contribution in [3.63, 3.8) is 0 Å². The minimum absolute atomic E-state index is 0.100. The molecule has 1 aliphatic carbocycles. The Balaban J connectivity index is 1.73. The molecule has 3 nitrogen and oxygen atoms in total. The first kappa shape index (κ1) is 13.1. The van der Waals surface area contributed by atoms with Crippen LogP contribution in [0.25, 0.3) is 0 Å². The number of thioether (sulfide) groups is 1. The number of furan rings is 1. The zero-order chi connectivity index (χ0) is 13.2. The van der Waals surface area contributed by atoms with Crippen molar-refractivity contribution in [2.45, 2.75) is 44.4 Å². The largest absolute Gasteiger partial charge is 0.463 e. The standard InChI is InChI=1S/C15H21NO2S/c1-11-7-8-13(18-11)15-16(9-10-19-15)14(17)12-5-3-2-4-6-12/h7-8,12,15H,2-6,9-10H2,1H3. The highest BCUT2D eigenvalue weighted by Crippen LogP contribution is 2.40. The molecule has 0 spiro atoms. The van der Waals surface area contributed by atoms with E-state index >= 15 is 0 Å². The summed E-state index contributed by atoms with van der Waals surface area (Å²) >= 11 is 1.82. The Hall–Kier alpha value is -0.900. The molecule has 1 unspecified atom stereocenters. The van der Waals surface area contributed by atoms with E-state index in [0.29, 0.717) is 5.91 Å². The average Bonchev–Trinajstić information content (AvgIpc) is 3.07. The van der Waals surface area contributed by atoms with Crippen LogP contribution in [0, 0.1) is 12.8 Å². The Bertz CT molecular complexity index is 451. The fourth-order valence-electron chi connectivity index (χ4n) is 3.10. The molecule has 2 fully saturated rings. The SMILES string of the molecule is Cc1ccc(C2SCCN2C(=O)C2CCCCC2)o1. The predicted octanol–water partition coefficient (Wildman–Crippen LogP) is 3.74. The summed E-state index contributed by atoms with van der Waals surface area (Å²) in [6.07, 6.45) is 5.86. The molecule has 0 bridgehead atoms. The van der Waals surface area contributed by atoms with Gasteiger partial charge in [-0.3, -0.25) is 4.79 Å². The first-order valence-corrected chi connectivity index (χ1v) is 8.29. The van der Waals surface area contributed by atoms with Gasteiger partial charge >= 0.3 is 0 Å². The van der Waals surface area contributed by atoms with Gasteiger partial charge in [-0.2, -0.15) is 0 Å². The van der Waals surface area contributed by atoms with Gasteiger partial charge in [0.15, 0.2) is 0 Å². The van der Waals surface area contributed by atoms with Gasteiger partial charge in [0.2, 0.25) is 5.91 Å². The van der Waals surface area contributed by atoms with E-state index in [9.17, 15) is 4.79 Å². The minimum Gasteiger partial charge on any atom is -0.463 e. The van der Waals surface area contributed by atoms with Gasteiger partial charge in [-0.1, -0.05) is 19.3 Å². The van der Waals surface area contributed by atoms with E-state index in [1.165, 1.54) is 19.3 Å². The third-order valence-electron chi connectivity index (χ3n) is 4.13. The summed E-state index contributed by atoms with van der Waals surface area (Å²) in [5.41, 5.74) is 0. The van der Waals surface area contributed by atoms with Crippen LogP contribution in [0.3, 0.4) is 0 Å². The van der Waals surface area contributed by atoms with Crippen LogP contribution in [0.5, 0.6) is 0 Å². The number of hydrogen-bond donors (Lipinski definition) is 0. The lowest BCUT2D eigenvalue weighted by Gasteiger charge is -2.29. The van der Waals surface area contributed by atoms with Crippen molar-refractivity contribution in [1.29, 1.82) is 0 Å². The van der Waals surface area contributed by atoms with Gasteiger partial charge in [-0.25, -0.2) is 0 Å². The summed E-state index contributed by atoms with van der Waals surface area (Å²) in [6.45, 7) is 2.82. The Morgan fingerprint density at radius 1 is 1.32 bits per heavy atom. The van der Waals surface area contributed by atoms with Crippen molar-refractivity contribution in [1.82, 2.24) is 4.90 Å². The molecule has 104 valence electrons. The summed E-state index contributed by atoms with van der Waals surface area (Å²) in [5.74, 6) is 3.48. The maximum absolute atomic E-state index is 12.7. The molecule has 19 heavy (non-hydrogen) atoms. The third kappa shape index (κ3) is 2.69. The van der Waals surface area contributed by atoms with Crippen LogP contribution < -0.4 is 0 Å². The van der Waals surface area contributed by atoms with Gasteiger partial charge in [-0.05, 0) is 31.9 Å². The smallest absolute Gasteiger partial charge is 0.226 e. The number of hydrogen-bond acceptors (Lipinski definition) is 3. The first-order valence-electron chi connectivity index (χ1n) is 7.24. The van der Waals surface area contributed by atoms with E-state index in [-0.39, 0.29) is 11.3 Å². The van der Waals surface area contributed by atoms with Crippen molar-refractivity contribution in [3.8, 4) is 0 Å². The lowest BCUT2D eigenvalue weighted by atomic mass is 9.88. The third-order valence-corrected chi connectivity index (χ3v) is 5.35. The second-order valence-corrected chi connectivity index (χ2v) is 6.73. The van der Waals surface area contributed by atoms with Crippen LogP contribution >= 0.6 is 11.8 Å². The highest BCUT2D eigenvalue weighted by atomic mass is 32.2. The second-order valence-electron chi connectivity index (χ2n) is 5.54. The molecule has 4 heteroatoms. The summed E-state index contributed by atoms with van der Waals surface area (Å²) < 4.78 is 5.72. The molecule has 1 amide bonds. The van der Waals surface area contributed by atoms with Crippen LogP contribution in [-0.4, -0.2) is 23.1 Å². The maximum atomic E-state index is 12.7. The normalized spacial score (nSPS) is 24.9. The zero-order valence-electron chi connectivity index (χ0n) is 11.4. The Morgan fingerprint density at radius 3 is 2.79 bits per heavy atom. The van der Waals surface area contributed by atoms with E-state index in [1.807, 2.05) is 35.7 Å². The van der Waals surface area contributed by atoms with E-state index in [0.717, 1.165) is 36.7 Å². The molecule has 2 heterocycles. The number of nitrogens with zero attached hydrogens (tertiary/aromatic N) is 1. The Morgan fingerprint density at radius 2 is 2.11 bits per heavy atom. The average molecular weight is 279 g/mol. The number of carbonyl (C=O) groups excluding carboxylic acids is 1. The zero-order valence-corrected chi connectivity index (χ0v) is 12.2. The highest BCUT2D eigenvalue weighted by molar-refractivity contribution is 7.99. The molecule has 1 saturated heterocycles. The Labute approximate surface area is 118 Å². The van der Waals surface area contributed by atoms with Crippen LogP contribution in [0.2, 0.25) is 0 Å². The fraction of sp³-hybridized carbons (Fsp3) is 0.667. The molecule has 0 aromatic carbocycles. The summed E-state index contributed by atoms with van der Waals surface area (Å²) in [4.78, 5) is 14.7. The molecule has 2 aliphatic rings. The molecule has 1 aromatic heterocycles. The predicted molar refractivity (Wildman–Crippen MR) is 76.9 cm³/mol. The number of rotatable bonds is 2. The summed E-state index contributed by atoms with van der Waals surface area (Å²) in [5, 5.41) is 0.100. The van der Waals surface area contributed by atoms with Crippen molar-refractivity contribution >= 4 is 17.7 Å². The monoisotopic (exact) mass is 279 g/mol. The van der Waals surface area contributed by atoms with Gasteiger partial charge in [0, 0.05) is 18.2 Å². The van der Waals surface area contributed by atoms with E-state index in [1.54, 1.807) is 0 Å². The fourth-order valence-corrected chi connectivity index (χ4v) is 4.31. The van der Waals surface area contributed by atoms with Crippen LogP contribution in [0.1, 0.15) is 49.0 Å². The lowest BCUT2D eigenvalue weighted by molar-refractivity contribution is -0.137. The Kier molecular flexibility index (Phi) is 3.87. The molecule has 0 N–H and O–H groups in total. The molecule has 1 aliphatic heterocycles. The molecule has 1 atom stereocenters. The van der Waals surface area contributed by atoms with Crippen molar-refractivity contribution < 1.29 is 9.21 Å². The number of carbonyl (C=O) groups is 1. The first-order chi connectivity index (χ1) is 9.25. The molecule has 0 radical (unpaired) electrons. The van der Waals surface area contributed by atoms with Gasteiger partial charge in [-0.15, -0.1) is 11.8 Å². The quantitative estimate of drug-likeness (QED) is 0.827. The van der Waals surface area contributed by atoms with Crippen LogP contribution in [-0.2, 0) is 4.79 Å². The molecular formula is C15H21NO2S. The van der Waals surface area contributed by atoms with Crippen LogP contribution in [0.15, 0.2) is 16.5 Å². The van der Waals surface area contributed by atoms with Crippen molar-refractivity contribution in [2.75, 3.05) is 12.3 Å². The minimum atomic E-state index is 0.100. The van der Waals surface area contributed by atoms with E-state index in [4.69, 9.17) is 4.42 Å². The van der Waals surface area contributed by atoms with E-state index < -0.39 is 0 Å². The topological polar surface area (TPSA) is 33.5 Å². The van der Waals surface area contributed by atoms with Crippen molar-refractivity contribution in [3.05, 3.63) is 23.7 Å². The summed E-state index contributed by atoms with van der Waals surface area (Å²) in [7, 11) is 0. The lowest BCUT2D eigenvalue weighted by Crippen LogP contribution is -2.36. The van der Waals surface area contributed by atoms with Gasteiger partial charge < -0.3 is 9.32 Å². The van der Waals surface area contributed by atoms with E-state index in [2.05, 4.69) is 0 Å². The number of amides is 1. The van der Waals surface area contributed by atoms with Crippen molar-refractivity contribution in [2.24, 2.45) is 5.92 Å². The van der Waals surface area contributed by atoms with Crippen LogP contribution in [0.4, 0.5) is 0 Å². The molecule has 1 aromatic rings. The number of aryl methyl sites for hydroxylation is 1. The van der Waals surface area contributed by atoms with Gasteiger partial charge in [0.25, 0.3) is 0 Å². The van der Waals surface area contributed by atoms with Gasteiger partial charge in [0.1, 0.15) is 16.9 Å². The second kappa shape index (κ2) is 5.61. The highest BCUT2D eigenvalue weighted by Gasteiger charge is 2.36. The molecule has 3 rings (SSSR count). The summed E-state index contributed by atoms with van der Waals surface area (Å²) in [6, 6.07) is 4.00.